The minimum absolute atomic E-state index is 0.00916. The fourth-order valence-corrected chi connectivity index (χ4v) is 4.03. The van der Waals surface area contributed by atoms with Crippen LogP contribution in [-0.4, -0.2) is 54.9 Å². The van der Waals surface area contributed by atoms with Crippen LogP contribution in [0.3, 0.4) is 0 Å². The van der Waals surface area contributed by atoms with Crippen molar-refractivity contribution in [2.75, 3.05) is 41.8 Å². The predicted octanol–water partition coefficient (Wildman–Crippen LogP) is 2.77. The number of nitrogens with two attached hydrogens (primary N) is 1. The number of carbonyl (C=O) groups excluding carboxylic acids is 2. The second-order valence-corrected chi connectivity index (χ2v) is 9.05. The number of fused-ring (bicyclic) bond motifs is 1. The number of rotatable bonds is 6. The minimum Gasteiger partial charge on any atom is -0.487 e. The molecule has 10 heteroatoms. The van der Waals surface area contributed by atoms with Crippen molar-refractivity contribution in [3.63, 3.8) is 0 Å². The molecule has 0 bridgehead atoms. The zero-order valence-corrected chi connectivity index (χ0v) is 20.1. The molecule has 1 fully saturated rings. The van der Waals surface area contributed by atoms with Gasteiger partial charge in [0.2, 0.25) is 5.91 Å². The molecule has 1 aromatic heterocycles. The van der Waals surface area contributed by atoms with Crippen molar-refractivity contribution in [2.45, 2.75) is 32.8 Å². The Morgan fingerprint density at radius 2 is 1.97 bits per heavy atom. The lowest BCUT2D eigenvalue weighted by molar-refractivity contribution is -0.114. The Labute approximate surface area is 204 Å². The molecule has 2 aliphatic rings. The van der Waals surface area contributed by atoms with Gasteiger partial charge in [-0.1, -0.05) is 0 Å². The summed E-state index contributed by atoms with van der Waals surface area (Å²) >= 11 is 0. The Hall–Kier alpha value is -3.92. The number of aromatic nitrogens is 1. The van der Waals surface area contributed by atoms with E-state index < -0.39 is 5.91 Å². The molecular weight excluding hydrogens is 448 g/mol. The van der Waals surface area contributed by atoms with E-state index in [1.165, 1.54) is 25.4 Å². The van der Waals surface area contributed by atoms with Gasteiger partial charge < -0.3 is 30.7 Å². The van der Waals surface area contributed by atoms with E-state index in [0.717, 1.165) is 36.5 Å². The van der Waals surface area contributed by atoms with Crippen molar-refractivity contribution in [1.29, 1.82) is 0 Å². The van der Waals surface area contributed by atoms with Crippen molar-refractivity contribution < 1.29 is 19.1 Å². The van der Waals surface area contributed by atoms with Crippen molar-refractivity contribution >= 4 is 40.9 Å². The van der Waals surface area contributed by atoms with E-state index in [1.807, 2.05) is 26.0 Å². The fraction of sp³-hybridized carbons (Fsp3) is 0.360. The highest BCUT2D eigenvalue weighted by atomic mass is 16.5. The van der Waals surface area contributed by atoms with Crippen molar-refractivity contribution in [2.24, 2.45) is 10.7 Å². The molecular formula is C25H30N6O4. The van der Waals surface area contributed by atoms with Crippen LogP contribution in [0.4, 0.5) is 22.9 Å². The molecule has 10 nitrogen and oxygen atoms in total. The second kappa shape index (κ2) is 10.1. The van der Waals surface area contributed by atoms with Gasteiger partial charge in [0, 0.05) is 56.5 Å². The van der Waals surface area contributed by atoms with Gasteiger partial charge in [-0.2, -0.15) is 0 Å². The normalized spacial score (nSPS) is 17.1. The molecule has 1 aromatic carbocycles. The summed E-state index contributed by atoms with van der Waals surface area (Å²) in [5, 5.41) is 5.55. The Balaban J connectivity index is 1.51. The lowest BCUT2D eigenvalue weighted by Gasteiger charge is -2.31. The quantitative estimate of drug-likeness (QED) is 0.430. The second-order valence-electron chi connectivity index (χ2n) is 9.05. The topological polar surface area (TPSA) is 131 Å². The number of nitrogens with zero attached hydrogens (tertiary/aromatic N) is 3. The average Bonchev–Trinajstić information content (AvgIpc) is 3.11. The summed E-state index contributed by atoms with van der Waals surface area (Å²) in [5.41, 5.74) is 8.91. The van der Waals surface area contributed by atoms with E-state index >= 15 is 0 Å². The van der Waals surface area contributed by atoms with Crippen LogP contribution in [0.5, 0.6) is 5.75 Å². The molecule has 0 atom stereocenters. The zero-order valence-electron chi connectivity index (χ0n) is 20.1. The van der Waals surface area contributed by atoms with Gasteiger partial charge in [-0.25, -0.2) is 4.98 Å². The van der Waals surface area contributed by atoms with Gasteiger partial charge in [0.25, 0.3) is 5.91 Å². The van der Waals surface area contributed by atoms with Gasteiger partial charge in [-0.15, -0.1) is 0 Å². The number of nitrogens with one attached hydrogen (secondary N) is 2. The molecule has 184 valence electrons. The number of amides is 2. The van der Waals surface area contributed by atoms with Crippen LogP contribution in [-0.2, 0) is 20.7 Å². The van der Waals surface area contributed by atoms with Gasteiger partial charge in [-0.3, -0.25) is 14.6 Å². The molecule has 3 heterocycles. The standard InChI is InChI=1S/C25H30N6O4/c1-16(32)29-23-13-18(4-6-28-23)27-7-5-19(26)24(33)30-20-12-17-15-25(2,3)35-22(17)14-21(20)31-8-10-34-11-9-31/h4-7,12-14H,8-11,15,26H2,1-3H3,(H,30,33)(H,28,29,32). The SMILES string of the molecule is CC(=O)Nc1cc(N=CC=C(N)C(=O)Nc2cc3c(cc2N2CCOCC2)OC(C)(C)C3)ccn1. The highest BCUT2D eigenvalue weighted by Gasteiger charge is 2.32. The first-order valence-corrected chi connectivity index (χ1v) is 11.4. The molecule has 2 aromatic rings. The number of ether oxygens (including phenoxy) is 2. The molecule has 0 unspecified atom stereocenters. The summed E-state index contributed by atoms with van der Waals surface area (Å²) in [6, 6.07) is 7.25. The number of morpholine rings is 1. The third-order valence-electron chi connectivity index (χ3n) is 5.57. The number of benzene rings is 1. The van der Waals surface area contributed by atoms with E-state index in [1.54, 1.807) is 12.1 Å². The number of anilines is 3. The van der Waals surface area contributed by atoms with Crippen molar-refractivity contribution in [3.05, 3.63) is 47.8 Å². The summed E-state index contributed by atoms with van der Waals surface area (Å²) < 4.78 is 11.6. The number of allylic oxidation sites excluding steroid dienone is 1. The first kappa shape index (κ1) is 24.2. The lowest BCUT2D eigenvalue weighted by Crippen LogP contribution is -2.37. The van der Waals surface area contributed by atoms with Crippen molar-refractivity contribution in [1.82, 2.24) is 4.98 Å². The van der Waals surface area contributed by atoms with Gasteiger partial charge in [0.15, 0.2) is 0 Å². The van der Waals surface area contributed by atoms with Gasteiger partial charge in [0.05, 0.1) is 36.0 Å². The number of pyridine rings is 1. The smallest absolute Gasteiger partial charge is 0.271 e. The van der Waals surface area contributed by atoms with Crippen LogP contribution >= 0.6 is 0 Å². The predicted molar refractivity (Wildman–Crippen MR) is 135 cm³/mol. The van der Waals surface area contributed by atoms with E-state index in [9.17, 15) is 9.59 Å². The van der Waals surface area contributed by atoms with E-state index in [-0.39, 0.29) is 17.2 Å². The Morgan fingerprint density at radius 1 is 1.20 bits per heavy atom. The minimum atomic E-state index is -0.433. The first-order valence-electron chi connectivity index (χ1n) is 11.4. The highest BCUT2D eigenvalue weighted by molar-refractivity contribution is 6.07. The van der Waals surface area contributed by atoms with Crippen LogP contribution in [0, 0.1) is 0 Å². The van der Waals surface area contributed by atoms with Crippen molar-refractivity contribution in [3.8, 4) is 5.75 Å². The molecule has 0 radical (unpaired) electrons. The Bertz CT molecular complexity index is 1180. The average molecular weight is 479 g/mol. The van der Waals surface area contributed by atoms with Crippen LogP contribution in [0.1, 0.15) is 26.3 Å². The molecule has 4 rings (SSSR count). The monoisotopic (exact) mass is 478 g/mol. The molecule has 2 aliphatic heterocycles. The van der Waals surface area contributed by atoms with Crippen LogP contribution in [0.2, 0.25) is 0 Å². The van der Waals surface area contributed by atoms with E-state index in [0.29, 0.717) is 30.4 Å². The Morgan fingerprint density at radius 3 is 2.71 bits per heavy atom. The Kier molecular flexibility index (Phi) is 7.02. The number of hydrogen-bond acceptors (Lipinski definition) is 8. The summed E-state index contributed by atoms with van der Waals surface area (Å²) in [6.07, 6.45) is 5.15. The zero-order chi connectivity index (χ0) is 25.0. The summed E-state index contributed by atoms with van der Waals surface area (Å²) in [6.45, 7) is 8.16. The lowest BCUT2D eigenvalue weighted by atomic mass is 10.0. The third kappa shape index (κ3) is 6.15. The van der Waals surface area contributed by atoms with Crippen LogP contribution in [0.15, 0.2) is 47.2 Å². The summed E-state index contributed by atoms with van der Waals surface area (Å²) in [5.74, 6) is 0.567. The number of aliphatic imine (C=N–C) groups is 1. The fourth-order valence-electron chi connectivity index (χ4n) is 4.03. The number of hydrogen-bond donors (Lipinski definition) is 3. The van der Waals surface area contributed by atoms with E-state index in [2.05, 4.69) is 25.5 Å². The van der Waals surface area contributed by atoms with Gasteiger partial charge in [-0.05, 0) is 32.1 Å². The maximum Gasteiger partial charge on any atom is 0.271 e. The summed E-state index contributed by atoms with van der Waals surface area (Å²) in [4.78, 5) is 34.6. The van der Waals surface area contributed by atoms with Gasteiger partial charge in [0.1, 0.15) is 17.2 Å². The molecule has 35 heavy (non-hydrogen) atoms. The largest absolute Gasteiger partial charge is 0.487 e. The van der Waals surface area contributed by atoms with Gasteiger partial charge >= 0.3 is 0 Å². The molecule has 0 spiro atoms. The highest BCUT2D eigenvalue weighted by Crippen LogP contribution is 2.41. The molecule has 4 N–H and O–H groups in total. The van der Waals surface area contributed by atoms with E-state index in [4.69, 9.17) is 15.2 Å². The molecule has 0 saturated carbocycles. The molecule has 2 amide bonds. The molecule has 1 saturated heterocycles. The van der Waals surface area contributed by atoms with Crippen LogP contribution in [0.25, 0.3) is 0 Å². The molecule has 0 aliphatic carbocycles. The summed E-state index contributed by atoms with van der Waals surface area (Å²) in [7, 11) is 0. The maximum absolute atomic E-state index is 12.9. The third-order valence-corrected chi connectivity index (χ3v) is 5.57. The van der Waals surface area contributed by atoms with Crippen LogP contribution < -0.4 is 26.0 Å². The first-order chi connectivity index (χ1) is 16.7. The number of carbonyl (C=O) groups is 2. The maximum atomic E-state index is 12.9.